The molecule has 0 unspecified atom stereocenters. The smallest absolute Gasteiger partial charge is 0.358 e. The number of fused-ring (bicyclic) bond motifs is 1. The molecule has 0 atom stereocenters. The molecule has 5 heteroatoms. The van der Waals surface area contributed by atoms with Crippen molar-refractivity contribution in [3.63, 3.8) is 0 Å². The normalized spacial score (nSPS) is 10.5. The Hall–Kier alpha value is -2.79. The molecule has 2 heterocycles. The van der Waals surface area contributed by atoms with Gasteiger partial charge in [0.15, 0.2) is 12.0 Å². The van der Waals surface area contributed by atoms with E-state index in [9.17, 15) is 9.59 Å². The van der Waals surface area contributed by atoms with Crippen molar-refractivity contribution < 1.29 is 14.3 Å². The van der Waals surface area contributed by atoms with E-state index in [2.05, 4.69) is 11.6 Å². The monoisotopic (exact) mass is 323 g/mol. The Morgan fingerprint density at radius 2 is 2.04 bits per heavy atom. The summed E-state index contributed by atoms with van der Waals surface area (Å²) in [4.78, 5) is 27.8. The topological polar surface area (TPSA) is 56.3 Å². The van der Waals surface area contributed by atoms with E-state index in [1.54, 1.807) is 12.3 Å². The fraction of sp³-hybridized carbons (Fsp3) is 0.0556. The van der Waals surface area contributed by atoms with Gasteiger partial charge in [0, 0.05) is 17.1 Å². The molecule has 0 amide bonds. The van der Waals surface area contributed by atoms with Crippen LogP contribution in [0.3, 0.4) is 0 Å². The highest BCUT2D eigenvalue weighted by Crippen LogP contribution is 2.34. The molecule has 0 radical (unpaired) electrons. The maximum absolute atomic E-state index is 11.9. The molecule has 4 nitrogen and oxygen atoms in total. The van der Waals surface area contributed by atoms with Crippen molar-refractivity contribution in [1.29, 1.82) is 0 Å². The van der Waals surface area contributed by atoms with Crippen molar-refractivity contribution in [3.05, 3.63) is 70.9 Å². The van der Waals surface area contributed by atoms with Crippen molar-refractivity contribution >= 4 is 39.3 Å². The molecule has 0 aliphatic heterocycles. The third kappa shape index (κ3) is 2.66. The van der Waals surface area contributed by atoms with E-state index in [0.29, 0.717) is 9.58 Å². The summed E-state index contributed by atoms with van der Waals surface area (Å²) in [5, 5.41) is 0.779. The summed E-state index contributed by atoms with van der Waals surface area (Å²) < 4.78 is 5.40. The summed E-state index contributed by atoms with van der Waals surface area (Å²) in [6, 6.07) is 11.5. The number of ether oxygens (including phenoxy) is 1. The minimum Gasteiger partial charge on any atom is -0.464 e. The van der Waals surface area contributed by atoms with Crippen LogP contribution < -0.4 is 0 Å². The van der Waals surface area contributed by atoms with Gasteiger partial charge in [-0.25, -0.2) is 9.78 Å². The lowest BCUT2D eigenvalue weighted by Crippen LogP contribution is -2.05. The largest absolute Gasteiger partial charge is 0.464 e. The van der Waals surface area contributed by atoms with Gasteiger partial charge in [0.05, 0.1) is 16.7 Å². The highest BCUT2D eigenvalue weighted by molar-refractivity contribution is 7.20. The Bertz CT molecular complexity index is 913. The fourth-order valence-corrected chi connectivity index (χ4v) is 3.35. The van der Waals surface area contributed by atoms with Gasteiger partial charge in [0.25, 0.3) is 0 Å². The van der Waals surface area contributed by atoms with Gasteiger partial charge in [-0.3, -0.25) is 4.79 Å². The number of carbonyl (C=O) groups excluding carboxylic acids is 2. The number of thiophene rings is 1. The molecule has 0 fully saturated rings. The number of rotatable bonds is 4. The molecule has 0 saturated carbocycles. The molecule has 3 rings (SSSR count). The Morgan fingerprint density at radius 3 is 2.70 bits per heavy atom. The first kappa shape index (κ1) is 15.1. The molecular weight excluding hydrogens is 310 g/mol. The minimum atomic E-state index is -0.522. The summed E-state index contributed by atoms with van der Waals surface area (Å²) in [6.45, 7) is 4.14. The zero-order chi connectivity index (χ0) is 16.4. The molecule has 1 aromatic carbocycles. The van der Waals surface area contributed by atoms with Gasteiger partial charge < -0.3 is 4.74 Å². The number of pyridine rings is 1. The summed E-state index contributed by atoms with van der Waals surface area (Å²) in [5.74, 6) is -0.522. The quantitative estimate of drug-likeness (QED) is 0.539. The van der Waals surface area contributed by atoms with Crippen LogP contribution in [0.5, 0.6) is 0 Å². The summed E-state index contributed by atoms with van der Waals surface area (Å²) in [6.07, 6.45) is 2.37. The number of nitrogens with zero attached hydrogens (tertiary/aromatic N) is 1. The molecule has 0 aliphatic carbocycles. The molecule has 114 valence electrons. The van der Waals surface area contributed by atoms with Crippen molar-refractivity contribution in [1.82, 2.24) is 4.98 Å². The van der Waals surface area contributed by atoms with Crippen LogP contribution in [0.4, 0.5) is 0 Å². The van der Waals surface area contributed by atoms with E-state index >= 15 is 0 Å². The van der Waals surface area contributed by atoms with Gasteiger partial charge in [0.2, 0.25) is 0 Å². The number of carbonyl (C=O) groups is 2. The molecule has 23 heavy (non-hydrogen) atoms. The second kappa shape index (κ2) is 6.14. The van der Waals surface area contributed by atoms with Crippen molar-refractivity contribution in [3.8, 4) is 0 Å². The van der Waals surface area contributed by atoms with E-state index < -0.39 is 5.97 Å². The van der Waals surface area contributed by atoms with E-state index in [1.807, 2.05) is 30.3 Å². The van der Waals surface area contributed by atoms with Crippen LogP contribution in [-0.4, -0.2) is 24.3 Å². The van der Waals surface area contributed by atoms with Crippen molar-refractivity contribution in [2.75, 3.05) is 7.11 Å². The first-order valence-electron chi connectivity index (χ1n) is 6.86. The zero-order valence-electron chi connectivity index (χ0n) is 12.4. The number of methoxy groups -OCH3 is 1. The minimum absolute atomic E-state index is 0.213. The first-order chi connectivity index (χ1) is 11.2. The molecular formula is C18H13NO3S. The van der Waals surface area contributed by atoms with Gasteiger partial charge in [-0.15, -0.1) is 11.3 Å². The molecule has 0 bridgehead atoms. The number of aromatic nitrogens is 1. The Morgan fingerprint density at radius 1 is 1.30 bits per heavy atom. The van der Waals surface area contributed by atoms with Gasteiger partial charge in [-0.05, 0) is 17.2 Å². The van der Waals surface area contributed by atoms with Crippen molar-refractivity contribution in [2.24, 2.45) is 0 Å². The predicted octanol–water partition coefficient (Wildman–Crippen LogP) is 3.96. The van der Waals surface area contributed by atoms with Crippen molar-refractivity contribution in [2.45, 2.75) is 0 Å². The number of hydrogen-bond acceptors (Lipinski definition) is 5. The van der Waals surface area contributed by atoms with Crippen LogP contribution in [-0.2, 0) is 4.74 Å². The number of benzene rings is 1. The van der Waals surface area contributed by atoms with Gasteiger partial charge in [-0.2, -0.15) is 0 Å². The Labute approximate surface area is 137 Å². The lowest BCUT2D eigenvalue weighted by Gasteiger charge is -2.09. The lowest BCUT2D eigenvalue weighted by atomic mass is 9.98. The van der Waals surface area contributed by atoms with E-state index in [1.165, 1.54) is 18.4 Å². The van der Waals surface area contributed by atoms with Crippen LogP contribution >= 0.6 is 11.3 Å². The molecule has 0 spiro atoms. The van der Waals surface area contributed by atoms with Crippen LogP contribution in [0.2, 0.25) is 0 Å². The average molecular weight is 323 g/mol. The third-order valence-electron chi connectivity index (χ3n) is 3.52. The molecule has 2 aromatic heterocycles. The summed E-state index contributed by atoms with van der Waals surface area (Å²) in [7, 11) is 1.31. The second-order valence-electron chi connectivity index (χ2n) is 4.87. The second-order valence-corrected chi connectivity index (χ2v) is 5.95. The predicted molar refractivity (Wildman–Crippen MR) is 90.9 cm³/mol. The Balaban J connectivity index is 2.23. The van der Waals surface area contributed by atoms with Gasteiger partial charge in [-0.1, -0.05) is 36.9 Å². The Kier molecular flexibility index (Phi) is 4.04. The number of aldehydes is 1. The maximum atomic E-state index is 11.9. The number of hydrogen-bond donors (Lipinski definition) is 0. The van der Waals surface area contributed by atoms with E-state index in [-0.39, 0.29) is 5.69 Å². The zero-order valence-corrected chi connectivity index (χ0v) is 13.2. The lowest BCUT2D eigenvalue weighted by molar-refractivity contribution is 0.0596. The number of esters is 1. The molecule has 0 aliphatic rings. The standard InChI is InChI=1S/C18H13NO3S/c1-11(12-6-4-3-5-7-12)15-9-19-16(18(21)22-2)17-14(15)8-13(10-20)23-17/h3-10H,1H2,2H3. The average Bonchev–Trinajstić information content (AvgIpc) is 3.04. The molecule has 0 saturated heterocycles. The van der Waals surface area contributed by atoms with Crippen LogP contribution in [0.1, 0.15) is 31.3 Å². The highest BCUT2D eigenvalue weighted by atomic mass is 32.1. The van der Waals surface area contributed by atoms with E-state index in [4.69, 9.17) is 4.74 Å². The fourth-order valence-electron chi connectivity index (χ4n) is 2.38. The highest BCUT2D eigenvalue weighted by Gasteiger charge is 2.19. The third-order valence-corrected chi connectivity index (χ3v) is 4.59. The van der Waals surface area contributed by atoms with Crippen LogP contribution in [0.25, 0.3) is 15.7 Å². The van der Waals surface area contributed by atoms with E-state index in [0.717, 1.165) is 28.4 Å². The molecule has 0 N–H and O–H groups in total. The molecule has 3 aromatic rings. The summed E-state index contributed by atoms with van der Waals surface area (Å²) >= 11 is 1.22. The van der Waals surface area contributed by atoms with Crippen LogP contribution in [0.15, 0.2) is 49.2 Å². The first-order valence-corrected chi connectivity index (χ1v) is 7.68. The van der Waals surface area contributed by atoms with Gasteiger partial charge >= 0.3 is 5.97 Å². The van der Waals surface area contributed by atoms with Crippen LogP contribution in [0, 0.1) is 0 Å². The maximum Gasteiger partial charge on any atom is 0.358 e. The SMILES string of the molecule is C=C(c1ccccc1)c1cnc(C(=O)OC)c2sc(C=O)cc12. The summed E-state index contributed by atoms with van der Waals surface area (Å²) in [5.41, 5.74) is 2.75. The van der Waals surface area contributed by atoms with Gasteiger partial charge in [0.1, 0.15) is 0 Å².